The summed E-state index contributed by atoms with van der Waals surface area (Å²) >= 11 is 0. The van der Waals surface area contributed by atoms with E-state index in [9.17, 15) is 27.6 Å². The molecule has 3 aromatic rings. The summed E-state index contributed by atoms with van der Waals surface area (Å²) in [5.74, 6) is -0.941. The molecule has 3 rings (SSSR count). The summed E-state index contributed by atoms with van der Waals surface area (Å²) in [6.07, 6.45) is -4.47. The third-order valence-corrected chi connectivity index (χ3v) is 4.91. The number of alkyl halides is 3. The Hall–Kier alpha value is -3.82. The largest absolute Gasteiger partial charge is 0.416 e. The second kappa shape index (κ2) is 9.13. The molecule has 3 N–H and O–H groups in total. The molecular formula is C22H21F3N4O3. The first-order valence-electron chi connectivity index (χ1n) is 9.74. The summed E-state index contributed by atoms with van der Waals surface area (Å²) < 4.78 is 40.1. The van der Waals surface area contributed by atoms with E-state index in [0.29, 0.717) is 0 Å². The second-order valence-corrected chi connectivity index (χ2v) is 7.02. The summed E-state index contributed by atoms with van der Waals surface area (Å²) in [6, 6.07) is 13.1. The molecule has 1 aromatic heterocycles. The normalized spacial score (nSPS) is 11.4. The molecule has 0 amide bonds. The van der Waals surface area contributed by atoms with Crippen LogP contribution in [0.5, 0.6) is 0 Å². The van der Waals surface area contributed by atoms with Crippen molar-refractivity contribution < 1.29 is 18.0 Å². The Morgan fingerprint density at radius 3 is 2.19 bits per heavy atom. The van der Waals surface area contributed by atoms with Gasteiger partial charge < -0.3 is 11.1 Å². The van der Waals surface area contributed by atoms with Crippen molar-refractivity contribution in [2.24, 2.45) is 0 Å². The van der Waals surface area contributed by atoms with Crippen LogP contribution in [0.2, 0.25) is 0 Å². The maximum Gasteiger partial charge on any atom is 0.416 e. The number of carbonyl (C=O) groups excluding carboxylic acids is 1. The molecule has 0 unspecified atom stereocenters. The quantitative estimate of drug-likeness (QED) is 0.544. The van der Waals surface area contributed by atoms with Gasteiger partial charge in [0.2, 0.25) is 0 Å². The van der Waals surface area contributed by atoms with Crippen LogP contribution in [0.1, 0.15) is 28.4 Å². The van der Waals surface area contributed by atoms with E-state index in [1.54, 1.807) is 31.2 Å². The van der Waals surface area contributed by atoms with E-state index in [0.717, 1.165) is 26.8 Å². The first-order chi connectivity index (χ1) is 15.1. The Bertz CT molecular complexity index is 1230. The van der Waals surface area contributed by atoms with Crippen LogP contribution in [-0.2, 0) is 19.3 Å². The van der Waals surface area contributed by atoms with Gasteiger partial charge in [0.1, 0.15) is 11.4 Å². The number of anilines is 2. The monoisotopic (exact) mass is 446 g/mol. The Balaban J connectivity index is 1.91. The summed E-state index contributed by atoms with van der Waals surface area (Å²) in [5, 5.41) is 2.69. The summed E-state index contributed by atoms with van der Waals surface area (Å²) in [7, 11) is 0. The molecule has 168 valence electrons. The van der Waals surface area contributed by atoms with Crippen LogP contribution in [0.4, 0.5) is 24.7 Å². The number of Topliss-reactive ketones (excluding diaryl/α,β-unsaturated/α-hetero) is 1. The second-order valence-electron chi connectivity index (χ2n) is 7.02. The predicted molar refractivity (Wildman–Crippen MR) is 115 cm³/mol. The molecule has 2 aromatic carbocycles. The van der Waals surface area contributed by atoms with Crippen molar-refractivity contribution in [2.45, 2.75) is 26.2 Å². The van der Waals surface area contributed by atoms with Crippen molar-refractivity contribution in [3.05, 3.63) is 92.1 Å². The lowest BCUT2D eigenvalue weighted by Gasteiger charge is -2.16. The number of nitrogen functional groups attached to an aromatic ring is 1. The average Bonchev–Trinajstić information content (AvgIpc) is 2.76. The molecule has 0 radical (unpaired) electrons. The Labute approximate surface area is 180 Å². The topological polar surface area (TPSA) is 99.1 Å². The standard InChI is InChI=1S/C22H21F3N4O3/c1-2-28-20(31)18(19(26)29(21(28)32)13-14-6-4-3-5-7-14)17(30)12-27-16-10-8-15(9-11-16)22(23,24)25/h3-11,27H,2,12-13,26H2,1H3. The van der Waals surface area contributed by atoms with Crippen molar-refractivity contribution >= 4 is 17.3 Å². The number of hydrogen-bond acceptors (Lipinski definition) is 5. The van der Waals surface area contributed by atoms with Crippen LogP contribution in [0.15, 0.2) is 64.2 Å². The first kappa shape index (κ1) is 22.9. The van der Waals surface area contributed by atoms with E-state index in [1.807, 2.05) is 6.07 Å². The number of nitrogens with two attached hydrogens (primary N) is 1. The highest BCUT2D eigenvalue weighted by molar-refractivity contribution is 6.02. The minimum atomic E-state index is -4.47. The molecule has 0 saturated heterocycles. The highest BCUT2D eigenvalue weighted by atomic mass is 19.4. The smallest absolute Gasteiger partial charge is 0.384 e. The summed E-state index contributed by atoms with van der Waals surface area (Å²) in [6.45, 7) is 1.32. The van der Waals surface area contributed by atoms with Gasteiger partial charge in [-0.25, -0.2) is 4.79 Å². The molecule has 0 atom stereocenters. The number of ketones is 1. The molecule has 32 heavy (non-hydrogen) atoms. The van der Waals surface area contributed by atoms with Crippen LogP contribution in [0.25, 0.3) is 0 Å². The van der Waals surface area contributed by atoms with Crippen molar-refractivity contribution in [1.82, 2.24) is 9.13 Å². The molecule has 0 spiro atoms. The molecule has 0 aliphatic heterocycles. The first-order valence-corrected chi connectivity index (χ1v) is 9.74. The predicted octanol–water partition coefficient (Wildman–Crippen LogP) is 2.97. The van der Waals surface area contributed by atoms with E-state index >= 15 is 0 Å². The zero-order valence-corrected chi connectivity index (χ0v) is 17.1. The van der Waals surface area contributed by atoms with Crippen LogP contribution in [0, 0.1) is 0 Å². The van der Waals surface area contributed by atoms with Gasteiger partial charge in [-0.3, -0.25) is 18.7 Å². The lowest BCUT2D eigenvalue weighted by Crippen LogP contribution is -2.44. The fourth-order valence-electron chi connectivity index (χ4n) is 3.22. The van der Waals surface area contributed by atoms with Crippen molar-refractivity contribution in [3.8, 4) is 0 Å². The van der Waals surface area contributed by atoms with Gasteiger partial charge in [0.05, 0.1) is 18.7 Å². The number of aromatic nitrogens is 2. The van der Waals surface area contributed by atoms with Gasteiger partial charge in [-0.2, -0.15) is 13.2 Å². The molecule has 0 aliphatic carbocycles. The minimum Gasteiger partial charge on any atom is -0.384 e. The Kier molecular flexibility index (Phi) is 6.52. The molecule has 0 aliphatic rings. The highest BCUT2D eigenvalue weighted by Crippen LogP contribution is 2.29. The van der Waals surface area contributed by atoms with Crippen LogP contribution in [-0.4, -0.2) is 21.5 Å². The third-order valence-electron chi connectivity index (χ3n) is 4.91. The number of carbonyl (C=O) groups is 1. The van der Waals surface area contributed by atoms with E-state index < -0.39 is 35.3 Å². The summed E-state index contributed by atoms with van der Waals surface area (Å²) in [4.78, 5) is 38.3. The number of nitrogens with one attached hydrogen (secondary N) is 1. The van der Waals surface area contributed by atoms with E-state index in [4.69, 9.17) is 5.73 Å². The zero-order chi connectivity index (χ0) is 23.5. The molecule has 10 heteroatoms. The van der Waals surface area contributed by atoms with Gasteiger partial charge in [-0.05, 0) is 36.8 Å². The number of nitrogens with zero attached hydrogens (tertiary/aromatic N) is 2. The number of benzene rings is 2. The fraction of sp³-hybridized carbons (Fsp3) is 0.227. The lowest BCUT2D eigenvalue weighted by molar-refractivity contribution is -0.137. The van der Waals surface area contributed by atoms with Crippen molar-refractivity contribution in [1.29, 1.82) is 0 Å². The summed E-state index contributed by atoms with van der Waals surface area (Å²) in [5.41, 5.74) is 4.48. The average molecular weight is 446 g/mol. The van der Waals surface area contributed by atoms with Crippen LogP contribution < -0.4 is 22.3 Å². The maximum atomic E-state index is 12.8. The van der Waals surface area contributed by atoms with Gasteiger partial charge in [0, 0.05) is 12.2 Å². The number of hydrogen-bond donors (Lipinski definition) is 2. The third kappa shape index (κ3) is 4.74. The zero-order valence-electron chi connectivity index (χ0n) is 17.1. The number of rotatable bonds is 7. The molecule has 0 saturated carbocycles. The highest BCUT2D eigenvalue weighted by Gasteiger charge is 2.30. The van der Waals surface area contributed by atoms with Gasteiger partial charge in [-0.1, -0.05) is 30.3 Å². The molecular weight excluding hydrogens is 425 g/mol. The maximum absolute atomic E-state index is 12.8. The van der Waals surface area contributed by atoms with Crippen LogP contribution in [0.3, 0.4) is 0 Å². The van der Waals surface area contributed by atoms with Gasteiger partial charge in [-0.15, -0.1) is 0 Å². The van der Waals surface area contributed by atoms with E-state index in [1.165, 1.54) is 12.1 Å². The Morgan fingerprint density at radius 1 is 1.00 bits per heavy atom. The van der Waals surface area contributed by atoms with E-state index in [2.05, 4.69) is 5.32 Å². The SMILES string of the molecule is CCn1c(=O)c(C(=O)CNc2ccc(C(F)(F)F)cc2)c(N)n(Cc2ccccc2)c1=O. The van der Waals surface area contributed by atoms with Crippen molar-refractivity contribution in [2.75, 3.05) is 17.6 Å². The molecule has 0 bridgehead atoms. The van der Waals surface area contributed by atoms with Crippen molar-refractivity contribution in [3.63, 3.8) is 0 Å². The van der Waals surface area contributed by atoms with E-state index in [-0.39, 0.29) is 30.2 Å². The number of halogens is 3. The van der Waals surface area contributed by atoms with Gasteiger partial charge >= 0.3 is 11.9 Å². The van der Waals surface area contributed by atoms with Gasteiger partial charge in [0.15, 0.2) is 5.78 Å². The molecule has 1 heterocycles. The fourth-order valence-corrected chi connectivity index (χ4v) is 3.22. The van der Waals surface area contributed by atoms with Gasteiger partial charge in [0.25, 0.3) is 5.56 Å². The Morgan fingerprint density at radius 2 is 1.62 bits per heavy atom. The lowest BCUT2D eigenvalue weighted by atomic mass is 10.1. The van der Waals surface area contributed by atoms with Crippen LogP contribution >= 0.6 is 0 Å². The molecule has 7 nitrogen and oxygen atoms in total. The molecule has 0 fully saturated rings. The minimum absolute atomic E-state index is 0.0410.